The molecule has 0 bridgehead atoms. The molecule has 3 atom stereocenters. The van der Waals surface area contributed by atoms with E-state index in [2.05, 4.69) is 41.8 Å². The number of hydrogen-bond acceptors (Lipinski definition) is 1. The van der Waals surface area contributed by atoms with Crippen molar-refractivity contribution < 1.29 is 0 Å². The monoisotopic (exact) mass is 253 g/mol. The highest BCUT2D eigenvalue weighted by atomic mass is 127. The highest BCUT2D eigenvalue weighted by Gasteiger charge is 2.20. The molecule has 3 unspecified atom stereocenters. The Bertz CT molecular complexity index is 103. The smallest absolute Gasteiger partial charge is 0.00961 e. The average molecular weight is 253 g/mol. The molecule has 2 heteroatoms. The van der Waals surface area contributed by atoms with E-state index in [-0.39, 0.29) is 0 Å². The predicted molar refractivity (Wildman–Crippen MR) is 53.7 cm³/mol. The third-order valence-electron chi connectivity index (χ3n) is 2.08. The lowest BCUT2D eigenvalue weighted by Crippen LogP contribution is -2.28. The van der Waals surface area contributed by atoms with Crippen LogP contribution in [0.5, 0.6) is 0 Å². The van der Waals surface area contributed by atoms with E-state index < -0.39 is 0 Å². The zero-order chi connectivity index (χ0) is 7.56. The van der Waals surface area contributed by atoms with E-state index in [9.17, 15) is 0 Å². The number of rotatable bonds is 2. The van der Waals surface area contributed by atoms with Crippen LogP contribution in [0.4, 0.5) is 0 Å². The largest absolute Gasteiger partial charge is 0.311 e. The van der Waals surface area contributed by atoms with Crippen molar-refractivity contribution in [3.63, 3.8) is 0 Å². The summed E-state index contributed by atoms with van der Waals surface area (Å²) in [5.41, 5.74) is 0. The second-order valence-corrected chi connectivity index (χ2v) is 5.48. The van der Waals surface area contributed by atoms with Gasteiger partial charge in [0.1, 0.15) is 0 Å². The zero-order valence-electron chi connectivity index (χ0n) is 6.73. The third-order valence-corrected chi connectivity index (χ3v) is 2.59. The molecule has 0 aromatic rings. The van der Waals surface area contributed by atoms with Crippen LogP contribution in [0.25, 0.3) is 0 Å². The fourth-order valence-corrected chi connectivity index (χ4v) is 2.21. The Labute approximate surface area is 77.1 Å². The van der Waals surface area contributed by atoms with Crippen LogP contribution in [0.2, 0.25) is 0 Å². The molecule has 0 radical (unpaired) electrons. The summed E-state index contributed by atoms with van der Waals surface area (Å²) < 4.78 is 0.820. The van der Waals surface area contributed by atoms with Crippen molar-refractivity contribution in [1.29, 1.82) is 0 Å². The molecule has 0 spiro atoms. The fourth-order valence-electron chi connectivity index (χ4n) is 1.60. The SMILES string of the molecule is CC(I)CC1CCC(C)N1. The zero-order valence-corrected chi connectivity index (χ0v) is 8.89. The van der Waals surface area contributed by atoms with Gasteiger partial charge in [0.2, 0.25) is 0 Å². The molecule has 1 N–H and O–H groups in total. The Morgan fingerprint density at radius 3 is 2.70 bits per heavy atom. The van der Waals surface area contributed by atoms with Crippen molar-refractivity contribution in [1.82, 2.24) is 5.32 Å². The second kappa shape index (κ2) is 3.90. The average Bonchev–Trinajstić information content (AvgIpc) is 2.13. The molecule has 1 heterocycles. The molecular formula is C8H16IN. The maximum Gasteiger partial charge on any atom is 0.00961 e. The highest BCUT2D eigenvalue weighted by molar-refractivity contribution is 14.1. The first-order valence-corrected chi connectivity index (χ1v) is 5.33. The molecule has 1 aliphatic rings. The summed E-state index contributed by atoms with van der Waals surface area (Å²) in [5.74, 6) is 0. The summed E-state index contributed by atoms with van der Waals surface area (Å²) in [5, 5.41) is 3.58. The molecule has 1 fully saturated rings. The Morgan fingerprint density at radius 2 is 2.30 bits per heavy atom. The second-order valence-electron chi connectivity index (χ2n) is 3.36. The van der Waals surface area contributed by atoms with Gasteiger partial charge in [-0.15, -0.1) is 0 Å². The van der Waals surface area contributed by atoms with Crippen LogP contribution in [-0.4, -0.2) is 16.0 Å². The molecule has 1 nitrogen and oxygen atoms in total. The Morgan fingerprint density at radius 1 is 1.60 bits per heavy atom. The molecule has 0 amide bonds. The van der Waals surface area contributed by atoms with Crippen LogP contribution in [0, 0.1) is 0 Å². The summed E-state index contributed by atoms with van der Waals surface area (Å²) in [4.78, 5) is 0. The van der Waals surface area contributed by atoms with Crippen LogP contribution in [-0.2, 0) is 0 Å². The van der Waals surface area contributed by atoms with Gasteiger partial charge in [0.15, 0.2) is 0 Å². The normalized spacial score (nSPS) is 36.3. The lowest BCUT2D eigenvalue weighted by atomic mass is 10.1. The molecule has 60 valence electrons. The minimum absolute atomic E-state index is 0.764. The molecule has 0 saturated carbocycles. The van der Waals surface area contributed by atoms with E-state index in [4.69, 9.17) is 0 Å². The van der Waals surface area contributed by atoms with E-state index >= 15 is 0 Å². The van der Waals surface area contributed by atoms with Crippen molar-refractivity contribution in [2.45, 2.75) is 49.1 Å². The molecule has 0 aromatic carbocycles. The molecular weight excluding hydrogens is 237 g/mol. The van der Waals surface area contributed by atoms with Crippen molar-refractivity contribution in [2.75, 3.05) is 0 Å². The Hall–Kier alpha value is 0.690. The van der Waals surface area contributed by atoms with Gasteiger partial charge in [-0.1, -0.05) is 29.5 Å². The topological polar surface area (TPSA) is 12.0 Å². The van der Waals surface area contributed by atoms with Gasteiger partial charge < -0.3 is 5.32 Å². The summed E-state index contributed by atoms with van der Waals surface area (Å²) in [6.07, 6.45) is 4.09. The summed E-state index contributed by atoms with van der Waals surface area (Å²) >= 11 is 2.50. The van der Waals surface area contributed by atoms with Gasteiger partial charge in [-0.2, -0.15) is 0 Å². The van der Waals surface area contributed by atoms with Gasteiger partial charge in [0.05, 0.1) is 0 Å². The van der Waals surface area contributed by atoms with Crippen molar-refractivity contribution in [2.24, 2.45) is 0 Å². The lowest BCUT2D eigenvalue weighted by Gasteiger charge is -2.12. The van der Waals surface area contributed by atoms with Crippen LogP contribution in [0.15, 0.2) is 0 Å². The fraction of sp³-hybridized carbons (Fsp3) is 1.00. The van der Waals surface area contributed by atoms with E-state index in [0.29, 0.717) is 0 Å². The van der Waals surface area contributed by atoms with Crippen LogP contribution < -0.4 is 5.32 Å². The van der Waals surface area contributed by atoms with E-state index in [0.717, 1.165) is 16.0 Å². The van der Waals surface area contributed by atoms with Crippen LogP contribution >= 0.6 is 22.6 Å². The molecule has 1 aliphatic heterocycles. The Balaban J connectivity index is 2.18. The molecule has 1 rings (SSSR count). The Kier molecular flexibility index (Phi) is 3.43. The summed E-state index contributed by atoms with van der Waals surface area (Å²) in [6, 6.07) is 1.57. The summed E-state index contributed by atoms with van der Waals surface area (Å²) in [6.45, 7) is 4.56. The van der Waals surface area contributed by atoms with Crippen molar-refractivity contribution >= 4 is 22.6 Å². The number of nitrogens with one attached hydrogen (secondary N) is 1. The highest BCUT2D eigenvalue weighted by Crippen LogP contribution is 2.18. The minimum atomic E-state index is 0.764. The maximum absolute atomic E-state index is 3.58. The number of alkyl halides is 1. The van der Waals surface area contributed by atoms with Crippen molar-refractivity contribution in [3.05, 3.63) is 0 Å². The van der Waals surface area contributed by atoms with E-state index in [1.165, 1.54) is 19.3 Å². The van der Waals surface area contributed by atoms with Gasteiger partial charge in [-0.05, 0) is 26.2 Å². The number of halogens is 1. The molecule has 10 heavy (non-hydrogen) atoms. The van der Waals surface area contributed by atoms with Gasteiger partial charge in [0, 0.05) is 16.0 Å². The predicted octanol–water partition coefficient (Wildman–Crippen LogP) is 2.34. The first-order chi connectivity index (χ1) is 4.68. The lowest BCUT2D eigenvalue weighted by molar-refractivity contribution is 0.532. The number of hydrogen-bond donors (Lipinski definition) is 1. The summed E-state index contributed by atoms with van der Waals surface area (Å²) in [7, 11) is 0. The first-order valence-electron chi connectivity index (χ1n) is 4.08. The van der Waals surface area contributed by atoms with Gasteiger partial charge in [-0.3, -0.25) is 0 Å². The minimum Gasteiger partial charge on any atom is -0.311 e. The van der Waals surface area contributed by atoms with Gasteiger partial charge in [-0.25, -0.2) is 0 Å². The quantitative estimate of drug-likeness (QED) is 0.588. The standard InChI is InChI=1S/C8H16IN/c1-6(9)5-8-4-3-7(2)10-8/h6-8,10H,3-5H2,1-2H3. The molecule has 0 aromatic heterocycles. The van der Waals surface area contributed by atoms with Gasteiger partial charge >= 0.3 is 0 Å². The van der Waals surface area contributed by atoms with E-state index in [1.54, 1.807) is 0 Å². The molecule has 0 aliphatic carbocycles. The maximum atomic E-state index is 3.58. The molecule has 1 saturated heterocycles. The van der Waals surface area contributed by atoms with E-state index in [1.807, 2.05) is 0 Å². The van der Waals surface area contributed by atoms with Gasteiger partial charge in [0.25, 0.3) is 0 Å². The van der Waals surface area contributed by atoms with Crippen molar-refractivity contribution in [3.8, 4) is 0 Å². The third kappa shape index (κ3) is 2.74. The van der Waals surface area contributed by atoms with Crippen LogP contribution in [0.3, 0.4) is 0 Å². The first kappa shape index (κ1) is 8.78. The van der Waals surface area contributed by atoms with Crippen LogP contribution in [0.1, 0.15) is 33.1 Å².